The maximum Gasteiger partial charge on any atom is 0.260 e. The number of carbonyl (C=O) groups excluding carboxylic acids is 2. The SMILES string of the molecule is O=C(NCCN1CCCC1)c1ccc(/C=C2\SC3CCCCC3N(Cc3ccc(F)cc3)C2=O)cc1. The molecule has 190 valence electrons. The van der Waals surface area contributed by atoms with E-state index in [0.29, 0.717) is 23.9 Å². The highest BCUT2D eigenvalue weighted by Crippen LogP contribution is 2.42. The maximum atomic E-state index is 13.6. The molecule has 0 aromatic heterocycles. The van der Waals surface area contributed by atoms with E-state index in [4.69, 9.17) is 0 Å². The van der Waals surface area contributed by atoms with Crippen molar-refractivity contribution in [3.63, 3.8) is 0 Å². The fraction of sp³-hybridized carbons (Fsp3) is 0.448. The first kappa shape index (κ1) is 25.0. The first-order valence-electron chi connectivity index (χ1n) is 13.1. The quantitative estimate of drug-likeness (QED) is 0.531. The highest BCUT2D eigenvalue weighted by atomic mass is 32.2. The molecule has 2 unspecified atom stereocenters. The maximum absolute atomic E-state index is 13.6. The van der Waals surface area contributed by atoms with Crippen LogP contribution < -0.4 is 5.32 Å². The Hall–Kier alpha value is -2.64. The van der Waals surface area contributed by atoms with Gasteiger partial charge in [0.15, 0.2) is 0 Å². The molecule has 2 aliphatic heterocycles. The minimum absolute atomic E-state index is 0.0382. The van der Waals surface area contributed by atoms with Gasteiger partial charge < -0.3 is 15.1 Å². The van der Waals surface area contributed by atoms with E-state index in [1.54, 1.807) is 23.9 Å². The number of hydrogen-bond acceptors (Lipinski definition) is 4. The second-order valence-corrected chi connectivity index (χ2v) is 11.3. The van der Waals surface area contributed by atoms with Crippen molar-refractivity contribution in [2.24, 2.45) is 0 Å². The number of amides is 2. The average Bonchev–Trinajstić information content (AvgIpc) is 3.42. The molecule has 5 nitrogen and oxygen atoms in total. The van der Waals surface area contributed by atoms with E-state index in [1.165, 1.54) is 31.4 Å². The minimum Gasteiger partial charge on any atom is -0.351 e. The second-order valence-electron chi connectivity index (χ2n) is 10.0. The van der Waals surface area contributed by atoms with E-state index in [9.17, 15) is 14.0 Å². The Labute approximate surface area is 217 Å². The molecule has 1 aliphatic carbocycles. The van der Waals surface area contributed by atoms with Gasteiger partial charge in [-0.25, -0.2) is 4.39 Å². The number of rotatable bonds is 7. The lowest BCUT2D eigenvalue weighted by Crippen LogP contribution is -2.50. The van der Waals surface area contributed by atoms with Crippen molar-refractivity contribution >= 4 is 29.7 Å². The molecular weight excluding hydrogens is 473 g/mol. The zero-order chi connectivity index (χ0) is 24.9. The van der Waals surface area contributed by atoms with E-state index in [2.05, 4.69) is 10.2 Å². The van der Waals surface area contributed by atoms with E-state index in [0.717, 1.165) is 54.9 Å². The van der Waals surface area contributed by atoms with Gasteiger partial charge in [-0.05, 0) is 80.2 Å². The number of halogens is 1. The summed E-state index contributed by atoms with van der Waals surface area (Å²) < 4.78 is 13.4. The molecule has 5 rings (SSSR count). The Bertz CT molecular complexity index is 1100. The van der Waals surface area contributed by atoms with E-state index in [-0.39, 0.29) is 23.7 Å². The molecule has 2 amide bonds. The van der Waals surface area contributed by atoms with Crippen LogP contribution in [0, 0.1) is 5.82 Å². The van der Waals surface area contributed by atoms with Crippen LogP contribution in [0.5, 0.6) is 0 Å². The van der Waals surface area contributed by atoms with Crippen LogP contribution >= 0.6 is 11.8 Å². The Balaban J connectivity index is 1.26. The molecular formula is C29H34FN3O2S. The molecule has 2 heterocycles. The van der Waals surface area contributed by atoms with Crippen molar-refractivity contribution in [2.75, 3.05) is 26.2 Å². The fourth-order valence-electron chi connectivity index (χ4n) is 5.47. The number of thioether (sulfide) groups is 1. The lowest BCUT2D eigenvalue weighted by molar-refractivity contribution is -0.130. The van der Waals surface area contributed by atoms with Gasteiger partial charge in [-0.1, -0.05) is 37.1 Å². The van der Waals surface area contributed by atoms with Crippen molar-refractivity contribution in [3.05, 3.63) is 75.9 Å². The second kappa shape index (κ2) is 11.6. The number of fused-ring (bicyclic) bond motifs is 1. The van der Waals surface area contributed by atoms with Crippen molar-refractivity contribution in [1.29, 1.82) is 0 Å². The van der Waals surface area contributed by atoms with Gasteiger partial charge in [-0.3, -0.25) is 9.59 Å². The van der Waals surface area contributed by atoms with Crippen molar-refractivity contribution in [2.45, 2.75) is 56.4 Å². The first-order valence-corrected chi connectivity index (χ1v) is 14.0. The standard InChI is InChI=1S/C29H34FN3O2S/c30-24-13-9-22(10-14-24)20-33-25-5-1-2-6-26(25)36-27(29(33)35)19-21-7-11-23(12-8-21)28(34)31-15-18-32-16-3-4-17-32/h7-14,19,25-26H,1-6,15-18,20H2,(H,31,34)/b27-19-. The smallest absolute Gasteiger partial charge is 0.260 e. The largest absolute Gasteiger partial charge is 0.351 e. The molecule has 0 spiro atoms. The van der Waals surface area contributed by atoms with Crippen LogP contribution in [-0.4, -0.2) is 59.1 Å². The summed E-state index contributed by atoms with van der Waals surface area (Å²) in [7, 11) is 0. The topological polar surface area (TPSA) is 52.7 Å². The number of benzene rings is 2. The number of nitrogens with one attached hydrogen (secondary N) is 1. The van der Waals surface area contributed by atoms with Gasteiger partial charge in [-0.15, -0.1) is 11.8 Å². The molecule has 7 heteroatoms. The van der Waals surface area contributed by atoms with E-state index < -0.39 is 0 Å². The lowest BCUT2D eigenvalue weighted by Gasteiger charge is -2.44. The molecule has 2 aromatic carbocycles. The summed E-state index contributed by atoms with van der Waals surface area (Å²) >= 11 is 1.69. The van der Waals surface area contributed by atoms with Gasteiger partial charge >= 0.3 is 0 Å². The molecule has 1 saturated carbocycles. The van der Waals surface area contributed by atoms with Crippen LogP contribution in [0.15, 0.2) is 53.4 Å². The molecule has 0 radical (unpaired) electrons. The average molecular weight is 508 g/mol. The first-order chi connectivity index (χ1) is 17.6. The lowest BCUT2D eigenvalue weighted by atomic mass is 9.92. The number of likely N-dealkylation sites (tertiary alicyclic amines) is 1. The third-order valence-corrected chi connectivity index (χ3v) is 8.87. The monoisotopic (exact) mass is 507 g/mol. The predicted molar refractivity (Wildman–Crippen MR) is 143 cm³/mol. The third-order valence-electron chi connectivity index (χ3n) is 7.47. The summed E-state index contributed by atoms with van der Waals surface area (Å²) in [5.41, 5.74) is 2.49. The van der Waals surface area contributed by atoms with Crippen LogP contribution in [0.2, 0.25) is 0 Å². The molecule has 0 bridgehead atoms. The Kier molecular flexibility index (Phi) is 8.07. The summed E-state index contributed by atoms with van der Waals surface area (Å²) in [6, 6.07) is 14.1. The van der Waals surface area contributed by atoms with Crippen LogP contribution in [0.3, 0.4) is 0 Å². The van der Waals surface area contributed by atoms with Gasteiger partial charge in [-0.2, -0.15) is 0 Å². The Morgan fingerprint density at radius 2 is 1.72 bits per heavy atom. The van der Waals surface area contributed by atoms with Gasteiger partial charge in [0.1, 0.15) is 5.82 Å². The summed E-state index contributed by atoms with van der Waals surface area (Å²) in [5, 5.41) is 3.39. The number of hydrogen-bond donors (Lipinski definition) is 1. The van der Waals surface area contributed by atoms with Crippen molar-refractivity contribution in [3.8, 4) is 0 Å². The van der Waals surface area contributed by atoms with Gasteiger partial charge in [0.25, 0.3) is 11.8 Å². The summed E-state index contributed by atoms with van der Waals surface area (Å²) in [6.45, 7) is 4.29. The normalized spacial score (nSPS) is 23.6. The highest BCUT2D eigenvalue weighted by molar-refractivity contribution is 8.04. The minimum atomic E-state index is -0.265. The zero-order valence-electron chi connectivity index (χ0n) is 20.6. The summed E-state index contributed by atoms with van der Waals surface area (Å²) in [5.74, 6) is -0.289. The molecule has 36 heavy (non-hydrogen) atoms. The van der Waals surface area contributed by atoms with Crippen molar-refractivity contribution < 1.29 is 14.0 Å². The molecule has 3 aliphatic rings. The Morgan fingerprint density at radius 1 is 1.00 bits per heavy atom. The van der Waals surface area contributed by atoms with E-state index in [1.807, 2.05) is 35.2 Å². The molecule has 2 aromatic rings. The molecule has 3 fully saturated rings. The summed E-state index contributed by atoms with van der Waals surface area (Å²) in [4.78, 5) is 31.2. The molecule has 2 saturated heterocycles. The van der Waals surface area contributed by atoms with Gasteiger partial charge in [0, 0.05) is 36.5 Å². The van der Waals surface area contributed by atoms with Gasteiger partial charge in [0.05, 0.1) is 4.91 Å². The van der Waals surface area contributed by atoms with Crippen LogP contribution in [-0.2, 0) is 11.3 Å². The van der Waals surface area contributed by atoms with Gasteiger partial charge in [0.2, 0.25) is 0 Å². The van der Waals surface area contributed by atoms with Crippen LogP contribution in [0.25, 0.3) is 6.08 Å². The van der Waals surface area contributed by atoms with E-state index >= 15 is 0 Å². The van der Waals surface area contributed by atoms with Crippen LogP contribution in [0.4, 0.5) is 4.39 Å². The number of nitrogens with zero attached hydrogens (tertiary/aromatic N) is 2. The molecule has 1 N–H and O–H groups in total. The molecule has 2 atom stereocenters. The summed E-state index contributed by atoms with van der Waals surface area (Å²) in [6.07, 6.45) is 8.87. The van der Waals surface area contributed by atoms with Crippen molar-refractivity contribution in [1.82, 2.24) is 15.1 Å². The predicted octanol–water partition coefficient (Wildman–Crippen LogP) is 5.08. The highest BCUT2D eigenvalue weighted by Gasteiger charge is 2.40. The third kappa shape index (κ3) is 6.01. The number of carbonyl (C=O) groups is 2. The zero-order valence-corrected chi connectivity index (χ0v) is 21.4. The fourth-order valence-corrected chi connectivity index (χ4v) is 6.94. The Morgan fingerprint density at radius 3 is 2.47 bits per heavy atom. The van der Waals surface area contributed by atoms with Crippen LogP contribution in [0.1, 0.15) is 60.0 Å².